The maximum absolute atomic E-state index is 13.1. The highest BCUT2D eigenvalue weighted by Crippen LogP contribution is 2.37. The molecule has 1 aliphatic rings. The van der Waals surface area contributed by atoms with E-state index >= 15 is 0 Å². The molecule has 0 aliphatic carbocycles. The van der Waals surface area contributed by atoms with Gasteiger partial charge in [-0.15, -0.1) is 0 Å². The molecule has 0 fully saturated rings. The Labute approximate surface area is 211 Å². The van der Waals surface area contributed by atoms with Crippen LogP contribution in [-0.2, 0) is 4.79 Å². The first kappa shape index (κ1) is 22.9. The van der Waals surface area contributed by atoms with Gasteiger partial charge >= 0.3 is 0 Å². The molecule has 1 aliphatic heterocycles. The molecule has 5 rings (SSSR count). The molecule has 2 heterocycles. The second-order valence-electron chi connectivity index (χ2n) is 8.17. The average molecular weight is 516 g/mol. The van der Waals surface area contributed by atoms with Gasteiger partial charge in [0.15, 0.2) is 11.5 Å². The van der Waals surface area contributed by atoms with Gasteiger partial charge in [0.25, 0.3) is 0 Å². The van der Waals surface area contributed by atoms with Gasteiger partial charge in [0.2, 0.25) is 5.91 Å². The number of rotatable bonds is 6. The minimum absolute atomic E-state index is 0.116. The van der Waals surface area contributed by atoms with Crippen molar-refractivity contribution in [3.8, 4) is 11.5 Å². The van der Waals surface area contributed by atoms with Gasteiger partial charge < -0.3 is 19.8 Å². The molecule has 0 saturated carbocycles. The Morgan fingerprint density at radius 2 is 1.85 bits per heavy atom. The molecular weight excluding hydrogens is 495 g/mol. The summed E-state index contributed by atoms with van der Waals surface area (Å²) in [5.74, 6) is 1.02. The van der Waals surface area contributed by atoms with Gasteiger partial charge in [-0.25, -0.2) is 0 Å². The summed E-state index contributed by atoms with van der Waals surface area (Å²) < 4.78 is 11.7. The van der Waals surface area contributed by atoms with E-state index in [1.54, 1.807) is 12.1 Å². The average Bonchev–Trinajstić information content (AvgIpc) is 3.25. The van der Waals surface area contributed by atoms with Gasteiger partial charge in [-0.05, 0) is 53.6 Å². The van der Waals surface area contributed by atoms with Crippen molar-refractivity contribution in [1.29, 1.82) is 0 Å². The first-order valence-electron chi connectivity index (χ1n) is 10.8. The summed E-state index contributed by atoms with van der Waals surface area (Å²) in [6.45, 7) is 0.704. The van der Waals surface area contributed by atoms with Crippen molar-refractivity contribution in [1.82, 2.24) is 10.3 Å². The number of amides is 1. The highest BCUT2D eigenvalue weighted by Gasteiger charge is 2.25. The predicted molar refractivity (Wildman–Crippen MR) is 136 cm³/mol. The Morgan fingerprint density at radius 1 is 1.03 bits per heavy atom. The summed E-state index contributed by atoms with van der Waals surface area (Å²) in [6.07, 6.45) is 1.85. The number of benzene rings is 3. The zero-order chi connectivity index (χ0) is 23.7. The van der Waals surface area contributed by atoms with Crippen molar-refractivity contribution in [3.63, 3.8) is 0 Å². The molecule has 2 atom stereocenters. The quantitative estimate of drug-likeness (QED) is 0.304. The number of aromatic amines is 1. The number of H-pyrrole nitrogens is 1. The molecule has 34 heavy (non-hydrogen) atoms. The van der Waals surface area contributed by atoms with Crippen molar-refractivity contribution in [3.05, 3.63) is 93.1 Å². The third-order valence-electron chi connectivity index (χ3n) is 5.88. The molecule has 0 saturated heterocycles. The molecule has 5 nitrogen and oxygen atoms in total. The summed E-state index contributed by atoms with van der Waals surface area (Å²) >= 11 is 18.7. The lowest BCUT2D eigenvalue weighted by Gasteiger charge is -2.26. The number of halogens is 3. The third-order valence-corrected chi connectivity index (χ3v) is 6.86. The number of aromatic nitrogens is 1. The van der Waals surface area contributed by atoms with E-state index in [9.17, 15) is 4.79 Å². The van der Waals surface area contributed by atoms with E-state index in [-0.39, 0.29) is 24.3 Å². The van der Waals surface area contributed by atoms with E-state index in [1.165, 1.54) is 0 Å². The molecule has 0 bridgehead atoms. The van der Waals surface area contributed by atoms with Crippen molar-refractivity contribution < 1.29 is 14.3 Å². The normalized spacial score (nSPS) is 15.8. The molecular formula is C26H21Cl3N2O3. The summed E-state index contributed by atoms with van der Waals surface area (Å²) in [5, 5.41) is 5.47. The minimum atomic E-state index is -0.269. The van der Waals surface area contributed by atoms with Crippen LogP contribution in [0.1, 0.15) is 23.5 Å². The van der Waals surface area contributed by atoms with Crippen LogP contribution < -0.4 is 14.8 Å². The number of nitrogens with one attached hydrogen (secondary N) is 2. The number of hydrogen-bond donors (Lipinski definition) is 2. The highest BCUT2D eigenvalue weighted by atomic mass is 35.5. The van der Waals surface area contributed by atoms with Gasteiger partial charge in [-0.2, -0.15) is 0 Å². The Morgan fingerprint density at radius 3 is 2.68 bits per heavy atom. The molecule has 0 unspecified atom stereocenters. The zero-order valence-corrected chi connectivity index (χ0v) is 20.3. The fraction of sp³-hybridized carbons (Fsp3) is 0.192. The van der Waals surface area contributed by atoms with Crippen molar-refractivity contribution in [2.45, 2.75) is 18.4 Å². The Balaban J connectivity index is 1.36. The number of carbonyl (C=O) groups excluding carboxylic acids is 1. The Bertz CT molecular complexity index is 1350. The molecule has 4 aromatic rings. The lowest BCUT2D eigenvalue weighted by molar-refractivity contribution is -0.121. The highest BCUT2D eigenvalue weighted by molar-refractivity contribution is 6.42. The summed E-state index contributed by atoms with van der Waals surface area (Å²) in [7, 11) is 0. The van der Waals surface area contributed by atoms with Crippen LogP contribution in [0.5, 0.6) is 11.5 Å². The minimum Gasteiger partial charge on any atom is -0.486 e. The van der Waals surface area contributed by atoms with Crippen LogP contribution >= 0.6 is 34.8 Å². The maximum Gasteiger partial charge on any atom is 0.221 e. The summed E-state index contributed by atoms with van der Waals surface area (Å²) in [5.41, 5.74) is 2.78. The van der Waals surface area contributed by atoms with E-state index < -0.39 is 0 Å². The largest absolute Gasteiger partial charge is 0.486 e. The first-order valence-corrected chi connectivity index (χ1v) is 12.0. The van der Waals surface area contributed by atoms with Crippen LogP contribution in [0, 0.1) is 0 Å². The van der Waals surface area contributed by atoms with Crippen molar-refractivity contribution in [2.75, 3.05) is 13.2 Å². The molecule has 1 amide bonds. The number of ether oxygens (including phenoxy) is 2. The molecule has 0 radical (unpaired) electrons. The van der Waals surface area contributed by atoms with E-state index in [0.29, 0.717) is 39.7 Å². The molecule has 1 aromatic heterocycles. The summed E-state index contributed by atoms with van der Waals surface area (Å²) in [4.78, 5) is 16.3. The SMILES string of the molecule is O=C(C[C@H](c1ccc(Cl)c(Cl)c1)c1c[nH]c2ccc(Cl)cc12)NC[C@H]1COc2ccccc2O1. The number of carbonyl (C=O) groups is 1. The van der Waals surface area contributed by atoms with E-state index in [1.807, 2.05) is 54.7 Å². The van der Waals surface area contributed by atoms with Crippen molar-refractivity contribution >= 4 is 51.6 Å². The predicted octanol–water partition coefficient (Wildman–Crippen LogP) is 6.61. The van der Waals surface area contributed by atoms with E-state index in [0.717, 1.165) is 22.0 Å². The second-order valence-corrected chi connectivity index (χ2v) is 9.42. The zero-order valence-electron chi connectivity index (χ0n) is 18.0. The second kappa shape index (κ2) is 9.79. The Kier molecular flexibility index (Phi) is 6.59. The molecule has 8 heteroatoms. The molecule has 2 N–H and O–H groups in total. The van der Waals surface area contributed by atoms with Crippen LogP contribution in [0.2, 0.25) is 15.1 Å². The topological polar surface area (TPSA) is 63.4 Å². The lowest BCUT2D eigenvalue weighted by atomic mass is 9.88. The maximum atomic E-state index is 13.1. The van der Waals surface area contributed by atoms with Crippen molar-refractivity contribution in [2.24, 2.45) is 0 Å². The van der Waals surface area contributed by atoms with E-state index in [2.05, 4.69) is 10.3 Å². The van der Waals surface area contributed by atoms with Crippen LogP contribution in [0.3, 0.4) is 0 Å². The molecule has 174 valence electrons. The fourth-order valence-corrected chi connectivity index (χ4v) is 4.67. The molecule has 0 spiro atoms. The Hall–Kier alpha value is -2.86. The van der Waals surface area contributed by atoms with Gasteiger partial charge in [-0.3, -0.25) is 4.79 Å². The number of hydrogen-bond acceptors (Lipinski definition) is 3. The van der Waals surface area contributed by atoms with Gasteiger partial charge in [0.05, 0.1) is 16.6 Å². The first-order chi connectivity index (χ1) is 16.5. The standard InChI is InChI=1S/C26H21Cl3N2O3/c27-16-6-8-23-19(10-16)20(13-30-23)18(15-5-7-21(28)22(29)9-15)11-26(32)31-12-17-14-33-24-3-1-2-4-25(24)34-17/h1-10,13,17-18,30H,11-12,14H2,(H,31,32)/t17-,18+/m0/s1. The monoisotopic (exact) mass is 514 g/mol. The third kappa shape index (κ3) is 4.83. The van der Waals surface area contributed by atoms with E-state index in [4.69, 9.17) is 44.3 Å². The number of fused-ring (bicyclic) bond motifs is 2. The smallest absolute Gasteiger partial charge is 0.221 e. The summed E-state index contributed by atoms with van der Waals surface area (Å²) in [6, 6.07) is 18.6. The van der Waals surface area contributed by atoms with Crippen LogP contribution in [0.25, 0.3) is 10.9 Å². The van der Waals surface area contributed by atoms with Gasteiger partial charge in [0, 0.05) is 34.5 Å². The van der Waals surface area contributed by atoms with Crippen LogP contribution in [0.4, 0.5) is 0 Å². The van der Waals surface area contributed by atoms with Crippen LogP contribution in [-0.4, -0.2) is 30.1 Å². The van der Waals surface area contributed by atoms with Crippen LogP contribution in [0.15, 0.2) is 66.9 Å². The van der Waals surface area contributed by atoms with Gasteiger partial charge in [0.1, 0.15) is 12.7 Å². The lowest BCUT2D eigenvalue weighted by Crippen LogP contribution is -2.41. The van der Waals surface area contributed by atoms with Gasteiger partial charge in [-0.1, -0.05) is 53.0 Å². The number of para-hydroxylation sites is 2. The molecule has 3 aromatic carbocycles. The fourth-order valence-electron chi connectivity index (χ4n) is 4.19.